The second kappa shape index (κ2) is 7.32. The number of hydrogen-bond acceptors (Lipinski definition) is 4. The highest BCUT2D eigenvalue weighted by atomic mass is 32.1. The Hall–Kier alpha value is -1.62. The van der Waals surface area contributed by atoms with E-state index in [1.807, 2.05) is 0 Å². The molecule has 1 aromatic heterocycles. The molecule has 1 saturated heterocycles. The van der Waals surface area contributed by atoms with Gasteiger partial charge in [-0.2, -0.15) is 0 Å². The van der Waals surface area contributed by atoms with Crippen molar-refractivity contribution < 1.29 is 4.79 Å². The Bertz CT molecular complexity index is 742. The van der Waals surface area contributed by atoms with Crippen LogP contribution in [0.4, 0.5) is 5.13 Å². The number of anilines is 1. The molecule has 1 aromatic carbocycles. The first-order valence-electron chi connectivity index (χ1n) is 9.59. The lowest BCUT2D eigenvalue weighted by Crippen LogP contribution is -2.49. The topological polar surface area (TPSA) is 36.4 Å². The van der Waals surface area contributed by atoms with Crippen LogP contribution in [0.3, 0.4) is 0 Å². The summed E-state index contributed by atoms with van der Waals surface area (Å²) >= 11 is 1.77. The third-order valence-corrected chi connectivity index (χ3v) is 6.70. The van der Waals surface area contributed by atoms with Crippen LogP contribution in [0.5, 0.6) is 0 Å². The van der Waals surface area contributed by atoms with E-state index in [9.17, 15) is 4.79 Å². The number of fused-ring (bicyclic) bond motifs is 1. The summed E-state index contributed by atoms with van der Waals surface area (Å²) in [5.74, 6) is 0.998. The number of aryl methyl sites for hydroxylation is 1. The fraction of sp³-hybridized carbons (Fsp3) is 0.600. The molecule has 1 saturated carbocycles. The van der Waals surface area contributed by atoms with E-state index in [2.05, 4.69) is 34.9 Å². The predicted octanol–water partition coefficient (Wildman–Crippen LogP) is 4.22. The molecule has 1 amide bonds. The van der Waals surface area contributed by atoms with Crippen LogP contribution in [0.25, 0.3) is 10.2 Å². The van der Waals surface area contributed by atoms with Gasteiger partial charge in [0.2, 0.25) is 5.91 Å². The number of nitrogens with zero attached hydrogens (tertiary/aromatic N) is 3. The zero-order valence-corrected chi connectivity index (χ0v) is 15.9. The van der Waals surface area contributed by atoms with Crippen molar-refractivity contribution >= 4 is 32.6 Å². The number of rotatable bonds is 3. The van der Waals surface area contributed by atoms with E-state index < -0.39 is 0 Å². The summed E-state index contributed by atoms with van der Waals surface area (Å²) < 4.78 is 1.26. The molecule has 134 valence electrons. The van der Waals surface area contributed by atoms with Crippen LogP contribution in [0.15, 0.2) is 18.2 Å². The van der Waals surface area contributed by atoms with Gasteiger partial charge in [-0.25, -0.2) is 4.98 Å². The number of thiazole rings is 1. The molecule has 4 rings (SSSR count). The third-order valence-electron chi connectivity index (χ3n) is 5.62. The molecule has 0 N–H and O–H groups in total. The zero-order valence-electron chi connectivity index (χ0n) is 15.0. The largest absolute Gasteiger partial charge is 0.345 e. The summed E-state index contributed by atoms with van der Waals surface area (Å²) in [5, 5.41) is 1.10. The van der Waals surface area contributed by atoms with Crippen molar-refractivity contribution in [2.75, 3.05) is 31.1 Å². The number of carbonyl (C=O) groups is 1. The monoisotopic (exact) mass is 357 g/mol. The van der Waals surface area contributed by atoms with E-state index in [1.165, 1.54) is 42.4 Å². The Labute approximate surface area is 153 Å². The van der Waals surface area contributed by atoms with Crippen LogP contribution in [0, 0.1) is 12.8 Å². The van der Waals surface area contributed by atoms with Crippen molar-refractivity contribution in [1.29, 1.82) is 0 Å². The van der Waals surface area contributed by atoms with Crippen molar-refractivity contribution in [3.8, 4) is 0 Å². The predicted molar refractivity (Wildman–Crippen MR) is 104 cm³/mol. The Morgan fingerprint density at radius 2 is 1.92 bits per heavy atom. The molecule has 2 heterocycles. The molecule has 0 radical (unpaired) electrons. The first-order chi connectivity index (χ1) is 12.2. The van der Waals surface area contributed by atoms with Gasteiger partial charge in [-0.15, -0.1) is 0 Å². The maximum atomic E-state index is 12.6. The van der Waals surface area contributed by atoms with Crippen molar-refractivity contribution in [2.45, 2.75) is 45.4 Å². The molecule has 5 heteroatoms. The number of amides is 1. The lowest BCUT2D eigenvalue weighted by molar-refractivity contribution is -0.132. The van der Waals surface area contributed by atoms with Gasteiger partial charge >= 0.3 is 0 Å². The fourth-order valence-corrected chi connectivity index (χ4v) is 5.18. The molecule has 1 aliphatic heterocycles. The lowest BCUT2D eigenvalue weighted by atomic mass is 9.86. The minimum Gasteiger partial charge on any atom is -0.345 e. The Morgan fingerprint density at radius 1 is 1.16 bits per heavy atom. The molecule has 0 spiro atoms. The van der Waals surface area contributed by atoms with Crippen molar-refractivity contribution in [3.05, 3.63) is 23.8 Å². The van der Waals surface area contributed by atoms with Crippen LogP contribution in [0.1, 0.15) is 44.1 Å². The van der Waals surface area contributed by atoms with Crippen LogP contribution < -0.4 is 4.90 Å². The van der Waals surface area contributed by atoms with Crippen molar-refractivity contribution in [2.24, 2.45) is 5.92 Å². The highest BCUT2D eigenvalue weighted by molar-refractivity contribution is 7.22. The maximum absolute atomic E-state index is 12.6. The average molecular weight is 358 g/mol. The zero-order chi connectivity index (χ0) is 17.2. The van der Waals surface area contributed by atoms with Crippen LogP contribution in [-0.4, -0.2) is 42.0 Å². The van der Waals surface area contributed by atoms with Gasteiger partial charge in [0, 0.05) is 32.6 Å². The van der Waals surface area contributed by atoms with Crippen LogP contribution in [-0.2, 0) is 4.79 Å². The van der Waals surface area contributed by atoms with Gasteiger partial charge in [0.25, 0.3) is 0 Å². The normalized spacial score (nSPS) is 19.6. The fourth-order valence-electron chi connectivity index (χ4n) is 4.07. The quantitative estimate of drug-likeness (QED) is 0.825. The molecular weight excluding hydrogens is 330 g/mol. The van der Waals surface area contributed by atoms with E-state index in [1.54, 1.807) is 11.3 Å². The molecule has 4 nitrogen and oxygen atoms in total. The van der Waals surface area contributed by atoms with Gasteiger partial charge in [-0.1, -0.05) is 36.7 Å². The second-order valence-electron chi connectivity index (χ2n) is 7.54. The van der Waals surface area contributed by atoms with Gasteiger partial charge in [0.1, 0.15) is 0 Å². The molecule has 2 aliphatic rings. The number of carbonyl (C=O) groups excluding carboxylic acids is 1. The minimum absolute atomic E-state index is 0.367. The summed E-state index contributed by atoms with van der Waals surface area (Å²) in [6, 6.07) is 6.43. The standard InChI is InChI=1S/C20H27N3OS/c1-15-7-8-17-18(13-15)25-20(21-17)23-11-9-22(10-12-23)19(24)14-16-5-3-2-4-6-16/h7-8,13,16H,2-6,9-12,14H2,1H3. The Morgan fingerprint density at radius 3 is 2.68 bits per heavy atom. The smallest absolute Gasteiger partial charge is 0.222 e. The SMILES string of the molecule is Cc1ccc2nc(N3CCN(C(=O)CC4CCCCC4)CC3)sc2c1. The highest BCUT2D eigenvalue weighted by Gasteiger charge is 2.25. The summed E-state index contributed by atoms with van der Waals surface area (Å²) in [7, 11) is 0. The van der Waals surface area contributed by atoms with Crippen LogP contribution >= 0.6 is 11.3 Å². The summed E-state index contributed by atoms with van der Waals surface area (Å²) in [6.07, 6.45) is 7.23. The lowest BCUT2D eigenvalue weighted by Gasteiger charge is -2.35. The van der Waals surface area contributed by atoms with Crippen LogP contribution in [0.2, 0.25) is 0 Å². The Kier molecular flexibility index (Phi) is 4.93. The van der Waals surface area contributed by atoms with Crippen molar-refractivity contribution in [3.63, 3.8) is 0 Å². The number of hydrogen-bond donors (Lipinski definition) is 0. The maximum Gasteiger partial charge on any atom is 0.222 e. The van der Waals surface area contributed by atoms with Gasteiger partial charge in [0.05, 0.1) is 10.2 Å². The van der Waals surface area contributed by atoms with Gasteiger partial charge in [-0.3, -0.25) is 4.79 Å². The molecule has 25 heavy (non-hydrogen) atoms. The number of piperazine rings is 1. The third kappa shape index (κ3) is 3.81. The molecule has 2 fully saturated rings. The highest BCUT2D eigenvalue weighted by Crippen LogP contribution is 2.31. The second-order valence-corrected chi connectivity index (χ2v) is 8.55. The van der Waals surface area contributed by atoms with Crippen molar-refractivity contribution in [1.82, 2.24) is 9.88 Å². The summed E-state index contributed by atoms with van der Waals surface area (Å²) in [4.78, 5) is 21.8. The number of benzene rings is 1. The van der Waals surface area contributed by atoms with E-state index >= 15 is 0 Å². The molecular formula is C20H27N3OS. The minimum atomic E-state index is 0.367. The number of aromatic nitrogens is 1. The van der Waals surface area contributed by atoms with Gasteiger partial charge in [-0.05, 0) is 43.4 Å². The average Bonchev–Trinajstić information content (AvgIpc) is 3.06. The van der Waals surface area contributed by atoms with E-state index in [4.69, 9.17) is 4.98 Å². The van der Waals surface area contributed by atoms with E-state index in [0.29, 0.717) is 11.8 Å². The first kappa shape index (κ1) is 16.8. The van der Waals surface area contributed by atoms with Gasteiger partial charge < -0.3 is 9.80 Å². The van der Waals surface area contributed by atoms with E-state index in [-0.39, 0.29) is 0 Å². The van der Waals surface area contributed by atoms with Gasteiger partial charge in [0.15, 0.2) is 5.13 Å². The Balaban J connectivity index is 1.34. The molecule has 1 aliphatic carbocycles. The molecule has 0 atom stereocenters. The summed E-state index contributed by atoms with van der Waals surface area (Å²) in [5.41, 5.74) is 2.36. The first-order valence-corrected chi connectivity index (χ1v) is 10.4. The molecule has 0 bridgehead atoms. The summed E-state index contributed by atoms with van der Waals surface area (Å²) in [6.45, 7) is 5.58. The molecule has 2 aromatic rings. The van der Waals surface area contributed by atoms with E-state index in [0.717, 1.165) is 43.2 Å². The molecule has 0 unspecified atom stereocenters.